The van der Waals surface area contributed by atoms with Gasteiger partial charge in [0.2, 0.25) is 0 Å². The van der Waals surface area contributed by atoms with Gasteiger partial charge < -0.3 is 0 Å². The Kier molecular flexibility index (Phi) is 8.85. The molecule has 2 unspecified atom stereocenters. The lowest BCUT2D eigenvalue weighted by Crippen LogP contribution is -2.13. The van der Waals surface area contributed by atoms with Gasteiger partial charge in [-0.25, -0.2) is 0 Å². The third-order valence-corrected chi connectivity index (χ3v) is 8.31. The van der Waals surface area contributed by atoms with Crippen LogP contribution in [0.25, 0.3) is 16.2 Å². The molecule has 160 valence electrons. The number of allylic oxidation sites excluding steroid dienone is 1. The minimum Gasteiger partial charge on any atom is -0.136 e. The molecule has 2 aromatic rings. The Morgan fingerprint density at radius 3 is 2.55 bits per heavy atom. The van der Waals surface area contributed by atoms with Crippen LogP contribution in [0.3, 0.4) is 0 Å². The highest BCUT2D eigenvalue weighted by Gasteiger charge is 2.22. The molecule has 3 rings (SSSR count). The van der Waals surface area contributed by atoms with Crippen molar-refractivity contribution in [2.45, 2.75) is 97.8 Å². The summed E-state index contributed by atoms with van der Waals surface area (Å²) >= 11 is 1.97. The fraction of sp³-hybridized carbons (Fsp3) is 0.643. The summed E-state index contributed by atoms with van der Waals surface area (Å²) in [6.45, 7) is 9.35. The first-order chi connectivity index (χ1) is 14.1. The Labute approximate surface area is 183 Å². The van der Waals surface area contributed by atoms with Crippen molar-refractivity contribution in [3.63, 3.8) is 0 Å². The first-order valence-corrected chi connectivity index (χ1v) is 13.1. The lowest BCUT2D eigenvalue weighted by molar-refractivity contribution is 0.304. The van der Waals surface area contributed by atoms with Crippen molar-refractivity contribution in [1.29, 1.82) is 0 Å². The van der Waals surface area contributed by atoms with Gasteiger partial charge in [0.1, 0.15) is 0 Å². The maximum Gasteiger partial charge on any atom is 0.0351 e. The zero-order valence-corrected chi connectivity index (χ0v) is 20.1. The molecule has 1 aliphatic carbocycles. The van der Waals surface area contributed by atoms with Crippen LogP contribution in [-0.2, 0) is 0 Å². The number of fused-ring (bicyclic) bond motifs is 1. The van der Waals surface area contributed by atoms with Crippen LogP contribution in [0.4, 0.5) is 0 Å². The fourth-order valence-electron chi connectivity index (χ4n) is 4.79. The average molecular weight is 411 g/mol. The number of hydrogen-bond donors (Lipinski definition) is 0. The van der Waals surface area contributed by atoms with Crippen LogP contribution in [0.1, 0.15) is 108 Å². The van der Waals surface area contributed by atoms with Crippen molar-refractivity contribution in [2.75, 3.05) is 0 Å². The van der Waals surface area contributed by atoms with Gasteiger partial charge in [0, 0.05) is 9.58 Å². The fourth-order valence-corrected chi connectivity index (χ4v) is 5.81. The van der Waals surface area contributed by atoms with Crippen molar-refractivity contribution in [1.82, 2.24) is 0 Å². The van der Waals surface area contributed by atoms with E-state index in [0.717, 1.165) is 17.8 Å². The van der Waals surface area contributed by atoms with E-state index in [-0.39, 0.29) is 0 Å². The van der Waals surface area contributed by atoms with Gasteiger partial charge in [-0.2, -0.15) is 0 Å². The maximum atomic E-state index is 2.50. The van der Waals surface area contributed by atoms with E-state index in [1.807, 2.05) is 11.3 Å². The van der Waals surface area contributed by atoms with Crippen molar-refractivity contribution in [3.05, 3.63) is 40.8 Å². The minimum atomic E-state index is 0.674. The van der Waals surface area contributed by atoms with E-state index in [2.05, 4.69) is 64.1 Å². The number of unbranched alkanes of at least 4 members (excludes halogenated alkanes) is 1. The van der Waals surface area contributed by atoms with E-state index in [4.69, 9.17) is 0 Å². The lowest BCUT2D eigenvalue weighted by Gasteiger charge is -2.28. The highest BCUT2D eigenvalue weighted by molar-refractivity contribution is 7.19. The molecule has 1 aromatic carbocycles. The molecule has 0 spiro atoms. The third-order valence-electron chi connectivity index (χ3n) is 7.25. The zero-order chi connectivity index (χ0) is 20.6. The largest absolute Gasteiger partial charge is 0.136 e. The lowest BCUT2D eigenvalue weighted by atomic mass is 9.77. The summed E-state index contributed by atoms with van der Waals surface area (Å²) in [7, 11) is 0. The number of benzene rings is 1. The van der Waals surface area contributed by atoms with E-state index in [9.17, 15) is 0 Å². The SMILES string of the molecule is CCCCC1CCC(c2ccc3cc(/C=C/C(C)CCC(C)CC)sc3c2)CC1. The summed E-state index contributed by atoms with van der Waals surface area (Å²) in [5.41, 5.74) is 1.59. The first kappa shape index (κ1) is 22.6. The molecule has 0 radical (unpaired) electrons. The zero-order valence-electron chi connectivity index (χ0n) is 19.3. The van der Waals surface area contributed by atoms with E-state index < -0.39 is 0 Å². The van der Waals surface area contributed by atoms with E-state index >= 15 is 0 Å². The molecule has 2 atom stereocenters. The number of hydrogen-bond acceptors (Lipinski definition) is 1. The average Bonchev–Trinajstić information content (AvgIpc) is 3.17. The quantitative estimate of drug-likeness (QED) is 0.365. The van der Waals surface area contributed by atoms with Gasteiger partial charge >= 0.3 is 0 Å². The summed E-state index contributed by atoms with van der Waals surface area (Å²) < 4.78 is 1.47. The van der Waals surface area contributed by atoms with E-state index in [0.29, 0.717) is 5.92 Å². The van der Waals surface area contributed by atoms with Gasteiger partial charge in [-0.3, -0.25) is 0 Å². The summed E-state index contributed by atoms with van der Waals surface area (Å²) in [4.78, 5) is 1.41. The number of thiophene rings is 1. The second-order valence-corrected chi connectivity index (χ2v) is 10.8. The van der Waals surface area contributed by atoms with Crippen LogP contribution in [0.5, 0.6) is 0 Å². The molecule has 1 aliphatic rings. The molecule has 1 heterocycles. The van der Waals surface area contributed by atoms with E-state index in [1.54, 1.807) is 5.56 Å². The predicted molar refractivity (Wildman–Crippen MR) is 133 cm³/mol. The molecule has 1 saturated carbocycles. The third kappa shape index (κ3) is 6.71. The maximum absolute atomic E-state index is 2.50. The molecule has 0 N–H and O–H groups in total. The molecule has 0 bridgehead atoms. The predicted octanol–water partition coefficient (Wildman–Crippen LogP) is 9.84. The van der Waals surface area contributed by atoms with Crippen LogP contribution < -0.4 is 0 Å². The van der Waals surface area contributed by atoms with Gasteiger partial charge in [-0.15, -0.1) is 11.3 Å². The van der Waals surface area contributed by atoms with Crippen molar-refractivity contribution in [2.24, 2.45) is 17.8 Å². The Bertz CT molecular complexity index is 760. The monoisotopic (exact) mass is 410 g/mol. The topological polar surface area (TPSA) is 0 Å². The molecule has 1 aromatic heterocycles. The van der Waals surface area contributed by atoms with Crippen molar-refractivity contribution >= 4 is 27.5 Å². The van der Waals surface area contributed by atoms with Crippen LogP contribution >= 0.6 is 11.3 Å². The highest BCUT2D eigenvalue weighted by atomic mass is 32.1. The molecular formula is C28H42S. The van der Waals surface area contributed by atoms with Gasteiger partial charge in [0.15, 0.2) is 0 Å². The summed E-state index contributed by atoms with van der Waals surface area (Å²) in [6, 6.07) is 9.66. The smallest absolute Gasteiger partial charge is 0.0351 e. The standard InChI is InChI=1S/C28H42S/c1-5-7-8-23-12-14-24(15-13-23)25-16-17-26-19-27(29-28(26)20-25)18-11-22(4)10-9-21(3)6-2/h11,16-24H,5-10,12-15H2,1-4H3/b18-11+. The second kappa shape index (κ2) is 11.3. The van der Waals surface area contributed by atoms with Crippen molar-refractivity contribution in [3.8, 4) is 0 Å². The molecule has 0 aliphatic heterocycles. The van der Waals surface area contributed by atoms with Crippen LogP contribution in [0.15, 0.2) is 30.3 Å². The molecule has 1 heteroatoms. The Morgan fingerprint density at radius 2 is 1.83 bits per heavy atom. The Balaban J connectivity index is 1.58. The van der Waals surface area contributed by atoms with Gasteiger partial charge in [-0.1, -0.05) is 78.0 Å². The molecular weight excluding hydrogens is 368 g/mol. The van der Waals surface area contributed by atoms with Gasteiger partial charge in [0.05, 0.1) is 0 Å². The van der Waals surface area contributed by atoms with E-state index in [1.165, 1.54) is 79.2 Å². The number of rotatable bonds is 10. The molecule has 29 heavy (non-hydrogen) atoms. The molecule has 0 amide bonds. The van der Waals surface area contributed by atoms with Gasteiger partial charge in [-0.05, 0) is 84.9 Å². The second-order valence-electron chi connectivity index (χ2n) is 9.73. The normalized spacial score (nSPS) is 22.3. The first-order valence-electron chi connectivity index (χ1n) is 12.3. The Hall–Kier alpha value is -1.08. The van der Waals surface area contributed by atoms with Crippen molar-refractivity contribution < 1.29 is 0 Å². The van der Waals surface area contributed by atoms with Crippen LogP contribution in [0, 0.1) is 17.8 Å². The summed E-state index contributed by atoms with van der Waals surface area (Å²) in [6.07, 6.45) is 18.6. The van der Waals surface area contributed by atoms with Crippen LogP contribution in [-0.4, -0.2) is 0 Å². The molecule has 0 saturated heterocycles. The molecule has 1 fully saturated rings. The summed E-state index contributed by atoms with van der Waals surface area (Å²) in [5, 5.41) is 1.42. The van der Waals surface area contributed by atoms with Gasteiger partial charge in [0.25, 0.3) is 0 Å². The highest BCUT2D eigenvalue weighted by Crippen LogP contribution is 2.39. The Morgan fingerprint density at radius 1 is 1.03 bits per heavy atom. The van der Waals surface area contributed by atoms with Crippen LogP contribution in [0.2, 0.25) is 0 Å². The summed E-state index contributed by atoms with van der Waals surface area (Å²) in [5.74, 6) is 3.32. The molecule has 0 nitrogen and oxygen atoms in total. The minimum absolute atomic E-state index is 0.674.